The molecule has 218 valence electrons. The van der Waals surface area contributed by atoms with Crippen LogP contribution in [0.25, 0.3) is 0 Å². The molecule has 1 amide bonds. The van der Waals surface area contributed by atoms with Crippen LogP contribution in [0.5, 0.6) is 0 Å². The summed E-state index contributed by atoms with van der Waals surface area (Å²) in [6.45, 7) is 4.22. The van der Waals surface area contributed by atoms with Crippen molar-refractivity contribution in [2.24, 2.45) is 17.6 Å². The van der Waals surface area contributed by atoms with Gasteiger partial charge < -0.3 is 25.8 Å². The molecule has 1 aliphatic carbocycles. The number of morpholine rings is 1. The Morgan fingerprint density at radius 2 is 2.03 bits per heavy atom. The highest BCUT2D eigenvalue weighted by atomic mass is 32.2. The third-order valence-corrected chi connectivity index (χ3v) is 12.2. The molecule has 0 radical (unpaired) electrons. The van der Waals surface area contributed by atoms with Gasteiger partial charge in [0.25, 0.3) is 0 Å². The monoisotopic (exact) mass is 582 g/mol. The van der Waals surface area contributed by atoms with Gasteiger partial charge >= 0.3 is 0 Å². The number of rotatable bonds is 7. The third kappa shape index (κ3) is 6.31. The number of carbonyl (C=O) groups is 2. The Bertz CT molecular complexity index is 938. The number of primary amides is 1. The number of ketones is 1. The summed E-state index contributed by atoms with van der Waals surface area (Å²) < 4.78 is 11.6. The lowest BCUT2D eigenvalue weighted by atomic mass is 9.91. The molecule has 0 spiro atoms. The number of fused-ring (bicyclic) bond motifs is 1. The van der Waals surface area contributed by atoms with Crippen LogP contribution in [0.15, 0.2) is 11.1 Å². The summed E-state index contributed by atoms with van der Waals surface area (Å²) >= 11 is 3.79. The predicted molar refractivity (Wildman–Crippen MR) is 151 cm³/mol. The van der Waals surface area contributed by atoms with Gasteiger partial charge in [-0.05, 0) is 19.3 Å². The van der Waals surface area contributed by atoms with E-state index in [1.807, 2.05) is 23.5 Å². The van der Waals surface area contributed by atoms with Crippen LogP contribution in [0.2, 0.25) is 0 Å². The Morgan fingerprint density at radius 1 is 1.21 bits per heavy atom. The van der Waals surface area contributed by atoms with Crippen LogP contribution in [0.4, 0.5) is 0 Å². The number of nitrogens with zero attached hydrogens (tertiary/aromatic N) is 1. The number of hydrogen-bond acceptors (Lipinski definition) is 11. The SMILES string of the molecule is NC(=O)C1CNC(N[C@H]2CCCC[C@H]2[NH3+])NC1NC1CSC(C2COC3C(=O)C=C(N4CCOCC4)SC32)C1. The number of amides is 1. The molecule has 4 saturated heterocycles. The lowest BCUT2D eigenvalue weighted by Gasteiger charge is -2.41. The molecule has 9 N–H and O–H groups in total. The maximum Gasteiger partial charge on any atom is 0.224 e. The minimum atomic E-state index is -0.341. The average Bonchev–Trinajstić information content (AvgIpc) is 3.58. The molecule has 6 aliphatic rings. The lowest BCUT2D eigenvalue weighted by molar-refractivity contribution is -0.431. The van der Waals surface area contributed by atoms with Gasteiger partial charge in [-0.3, -0.25) is 30.9 Å². The van der Waals surface area contributed by atoms with Crippen LogP contribution in [0.3, 0.4) is 0 Å². The van der Waals surface area contributed by atoms with E-state index in [4.69, 9.17) is 15.2 Å². The van der Waals surface area contributed by atoms with E-state index >= 15 is 0 Å². The van der Waals surface area contributed by atoms with E-state index in [1.54, 1.807) is 6.08 Å². The highest BCUT2D eigenvalue weighted by Crippen LogP contribution is 2.47. The van der Waals surface area contributed by atoms with Gasteiger partial charge in [0.15, 0.2) is 5.78 Å². The summed E-state index contributed by atoms with van der Waals surface area (Å²) in [6, 6.07) is 1.02. The van der Waals surface area contributed by atoms with Crippen molar-refractivity contribution in [1.82, 2.24) is 26.2 Å². The molecule has 11 nitrogen and oxygen atoms in total. The lowest BCUT2D eigenvalue weighted by Crippen LogP contribution is -2.76. The molecule has 39 heavy (non-hydrogen) atoms. The fourth-order valence-corrected chi connectivity index (χ4v) is 10.1. The number of carbonyl (C=O) groups excluding carboxylic acids is 2. The van der Waals surface area contributed by atoms with Crippen molar-refractivity contribution in [2.75, 3.05) is 45.2 Å². The fourth-order valence-electron chi connectivity index (χ4n) is 6.89. The number of ether oxygens (including phenoxy) is 2. The molecule has 5 aliphatic heterocycles. The summed E-state index contributed by atoms with van der Waals surface area (Å²) in [5, 5.41) is 16.1. The van der Waals surface area contributed by atoms with Gasteiger partial charge in [-0.2, -0.15) is 11.8 Å². The molecule has 0 aromatic rings. The normalized spacial score (nSPS) is 43.3. The quantitative estimate of drug-likeness (QED) is 0.205. The number of nitrogens with one attached hydrogen (secondary N) is 4. The van der Waals surface area contributed by atoms with Crippen molar-refractivity contribution in [3.8, 4) is 0 Å². The molecule has 0 aromatic carbocycles. The highest BCUT2D eigenvalue weighted by Gasteiger charge is 2.50. The molecular formula is C26H44N7O4S2+. The van der Waals surface area contributed by atoms with E-state index in [1.165, 1.54) is 12.8 Å². The zero-order valence-corrected chi connectivity index (χ0v) is 24.2. The van der Waals surface area contributed by atoms with Crippen molar-refractivity contribution in [1.29, 1.82) is 0 Å². The first-order valence-corrected chi connectivity index (χ1v) is 16.5. The molecule has 5 heterocycles. The Morgan fingerprint density at radius 3 is 2.82 bits per heavy atom. The minimum absolute atomic E-state index is 0.0886. The van der Waals surface area contributed by atoms with Gasteiger partial charge in [-0.25, -0.2) is 0 Å². The van der Waals surface area contributed by atoms with Gasteiger partial charge in [-0.1, -0.05) is 6.42 Å². The summed E-state index contributed by atoms with van der Waals surface area (Å²) in [7, 11) is 0. The molecule has 10 atom stereocenters. The number of nitrogens with two attached hydrogens (primary N) is 1. The summed E-state index contributed by atoms with van der Waals surface area (Å²) in [5.41, 5.74) is 10.2. The highest BCUT2D eigenvalue weighted by molar-refractivity contribution is 8.04. The summed E-state index contributed by atoms with van der Waals surface area (Å²) in [4.78, 5) is 27.5. The maximum atomic E-state index is 13.0. The van der Waals surface area contributed by atoms with E-state index in [0.29, 0.717) is 49.6 Å². The zero-order valence-electron chi connectivity index (χ0n) is 22.5. The number of quaternary nitrogens is 1. The third-order valence-electron chi connectivity index (χ3n) is 9.18. The first kappa shape index (κ1) is 28.2. The standard InChI is InChI=1S/C26H43N7O4S2/c27-17-3-1-2-4-18(17)31-26-29-11-15(24(28)35)25(32-26)30-14-9-20(38-13-14)16-12-37-22-19(34)10-21(39-23(16)22)33-5-7-36-8-6-33/h10,14-18,20,22-23,25-26,29-32H,1-9,11-13,27H2,(H2,28,35)/p+1/t14?,15?,16?,17-,18+,20?,22?,23?,25?,26?/m1/s1. The molecular weight excluding hydrogens is 538 g/mol. The molecule has 8 unspecified atom stereocenters. The van der Waals surface area contributed by atoms with Crippen molar-refractivity contribution >= 4 is 35.2 Å². The van der Waals surface area contributed by atoms with E-state index in [-0.39, 0.29) is 47.5 Å². The topological polar surface area (TPSA) is 158 Å². The van der Waals surface area contributed by atoms with E-state index < -0.39 is 0 Å². The van der Waals surface area contributed by atoms with E-state index in [9.17, 15) is 9.59 Å². The Labute approximate surface area is 239 Å². The molecule has 0 aromatic heterocycles. The van der Waals surface area contributed by atoms with Gasteiger partial charge in [0.2, 0.25) is 5.91 Å². The van der Waals surface area contributed by atoms with E-state index in [0.717, 1.165) is 43.1 Å². The first-order chi connectivity index (χ1) is 19.0. The molecule has 0 bridgehead atoms. The molecule has 1 saturated carbocycles. The van der Waals surface area contributed by atoms with Crippen LogP contribution in [0, 0.1) is 11.8 Å². The zero-order chi connectivity index (χ0) is 26.9. The van der Waals surface area contributed by atoms with Crippen LogP contribution < -0.4 is 32.7 Å². The molecule has 13 heteroatoms. The first-order valence-electron chi connectivity index (χ1n) is 14.6. The smallest absolute Gasteiger partial charge is 0.224 e. The molecule has 5 fully saturated rings. The maximum absolute atomic E-state index is 13.0. The van der Waals surface area contributed by atoms with Crippen molar-refractivity contribution in [2.45, 2.75) is 79.3 Å². The van der Waals surface area contributed by atoms with Crippen molar-refractivity contribution in [3.05, 3.63) is 11.1 Å². The number of thioether (sulfide) groups is 2. The average molecular weight is 583 g/mol. The van der Waals surface area contributed by atoms with Crippen LogP contribution in [0.1, 0.15) is 32.1 Å². The summed E-state index contributed by atoms with van der Waals surface area (Å²) in [6.07, 6.45) is 6.88. The van der Waals surface area contributed by atoms with Crippen LogP contribution in [-0.4, -0.2) is 109 Å². The Balaban J connectivity index is 1.06. The summed E-state index contributed by atoms with van der Waals surface area (Å²) in [5.74, 6) is 0.744. The van der Waals surface area contributed by atoms with Crippen molar-refractivity contribution < 1.29 is 24.8 Å². The second-order valence-corrected chi connectivity index (χ2v) is 14.2. The Kier molecular flexibility index (Phi) is 9.08. The Hall–Kier alpha value is -0.900. The van der Waals surface area contributed by atoms with Gasteiger partial charge in [-0.15, -0.1) is 11.8 Å². The molecule has 6 rings (SSSR count). The van der Waals surface area contributed by atoms with Gasteiger partial charge in [0.1, 0.15) is 12.4 Å². The predicted octanol–water partition coefficient (Wildman–Crippen LogP) is -1.63. The minimum Gasteiger partial charge on any atom is -0.378 e. The largest absolute Gasteiger partial charge is 0.378 e. The van der Waals surface area contributed by atoms with Gasteiger partial charge in [0.05, 0.1) is 54.3 Å². The van der Waals surface area contributed by atoms with Crippen LogP contribution >= 0.6 is 23.5 Å². The van der Waals surface area contributed by atoms with Crippen LogP contribution in [-0.2, 0) is 19.1 Å². The second-order valence-electron chi connectivity index (χ2n) is 11.8. The van der Waals surface area contributed by atoms with Crippen molar-refractivity contribution in [3.63, 3.8) is 0 Å². The number of hydrogen-bond donors (Lipinski definition) is 6. The van der Waals surface area contributed by atoms with Gasteiger partial charge in [0, 0.05) is 55.1 Å². The van der Waals surface area contributed by atoms with E-state index in [2.05, 4.69) is 31.9 Å². The fraction of sp³-hybridized carbons (Fsp3) is 0.846. The second kappa shape index (κ2) is 12.5.